The molecule has 0 aliphatic heterocycles. The maximum atomic E-state index is 5.91. The Kier molecular flexibility index (Phi) is 2.12. The number of anilines is 1. The van der Waals surface area contributed by atoms with Crippen LogP contribution in [0.25, 0.3) is 11.2 Å². The zero-order valence-electron chi connectivity index (χ0n) is 8.91. The molecule has 80 valence electrons. The second-order valence-electron chi connectivity index (χ2n) is 4.46. The standard InChI is InChI=1S/C10H15N5/c1-10(2,12)5-8-13-6-3-4-7(11)14-9(6)15-8/h3-4H,5,12H2,1-2H3,(H3,11,13,14,15). The summed E-state index contributed by atoms with van der Waals surface area (Å²) in [6.07, 6.45) is 0.684. The molecule has 0 aliphatic carbocycles. The van der Waals surface area contributed by atoms with Gasteiger partial charge in [0.1, 0.15) is 11.6 Å². The van der Waals surface area contributed by atoms with Crippen LogP contribution >= 0.6 is 0 Å². The highest BCUT2D eigenvalue weighted by molar-refractivity contribution is 5.72. The van der Waals surface area contributed by atoms with Gasteiger partial charge in [0.25, 0.3) is 0 Å². The van der Waals surface area contributed by atoms with Crippen LogP contribution in [-0.4, -0.2) is 20.5 Å². The molecule has 0 atom stereocenters. The third kappa shape index (κ3) is 2.24. The van der Waals surface area contributed by atoms with E-state index in [-0.39, 0.29) is 5.54 Å². The predicted molar refractivity (Wildman–Crippen MR) is 60.3 cm³/mol. The average Bonchev–Trinajstić information content (AvgIpc) is 2.42. The first-order chi connectivity index (χ1) is 6.94. The number of H-pyrrole nitrogens is 1. The van der Waals surface area contributed by atoms with E-state index in [1.165, 1.54) is 0 Å². The second kappa shape index (κ2) is 3.20. The van der Waals surface area contributed by atoms with Gasteiger partial charge < -0.3 is 16.5 Å². The number of aromatic nitrogens is 3. The summed E-state index contributed by atoms with van der Waals surface area (Å²) < 4.78 is 0. The molecule has 0 saturated carbocycles. The molecule has 0 radical (unpaired) electrons. The molecule has 0 unspecified atom stereocenters. The first kappa shape index (κ1) is 9.92. The summed E-state index contributed by atoms with van der Waals surface area (Å²) in [4.78, 5) is 11.6. The number of fused-ring (bicyclic) bond motifs is 1. The SMILES string of the molecule is CC(C)(N)Cc1nc2nc(N)ccc2[nH]1. The zero-order chi connectivity index (χ0) is 11.1. The van der Waals surface area contributed by atoms with Crippen LogP contribution in [0.1, 0.15) is 19.7 Å². The van der Waals surface area contributed by atoms with E-state index in [0.29, 0.717) is 17.9 Å². The molecule has 0 saturated heterocycles. The van der Waals surface area contributed by atoms with E-state index in [9.17, 15) is 0 Å². The molecule has 0 fully saturated rings. The molecule has 0 aliphatic rings. The fourth-order valence-electron chi connectivity index (χ4n) is 1.47. The lowest BCUT2D eigenvalue weighted by atomic mass is 10.0. The van der Waals surface area contributed by atoms with Gasteiger partial charge in [-0.15, -0.1) is 0 Å². The molecule has 2 rings (SSSR count). The van der Waals surface area contributed by atoms with Gasteiger partial charge in [-0.3, -0.25) is 0 Å². The number of nitrogens with two attached hydrogens (primary N) is 2. The Morgan fingerprint density at radius 1 is 1.33 bits per heavy atom. The van der Waals surface area contributed by atoms with Crippen LogP contribution in [0.15, 0.2) is 12.1 Å². The third-order valence-electron chi connectivity index (χ3n) is 2.04. The van der Waals surface area contributed by atoms with Gasteiger partial charge in [0, 0.05) is 12.0 Å². The van der Waals surface area contributed by atoms with Gasteiger partial charge >= 0.3 is 0 Å². The molecule has 0 amide bonds. The Bertz CT molecular complexity index is 480. The monoisotopic (exact) mass is 205 g/mol. The number of hydrogen-bond donors (Lipinski definition) is 3. The number of rotatable bonds is 2. The first-order valence-electron chi connectivity index (χ1n) is 4.84. The van der Waals surface area contributed by atoms with Crippen molar-refractivity contribution in [1.29, 1.82) is 0 Å². The van der Waals surface area contributed by atoms with E-state index in [1.807, 2.05) is 19.9 Å². The molecule has 2 heterocycles. The number of imidazole rings is 1. The van der Waals surface area contributed by atoms with Crippen molar-refractivity contribution >= 4 is 17.0 Å². The van der Waals surface area contributed by atoms with Crippen LogP contribution in [0.2, 0.25) is 0 Å². The zero-order valence-corrected chi connectivity index (χ0v) is 8.91. The van der Waals surface area contributed by atoms with Crippen LogP contribution in [0.4, 0.5) is 5.82 Å². The lowest BCUT2D eigenvalue weighted by Gasteiger charge is -2.15. The fourth-order valence-corrected chi connectivity index (χ4v) is 1.47. The third-order valence-corrected chi connectivity index (χ3v) is 2.04. The van der Waals surface area contributed by atoms with Crippen molar-refractivity contribution in [2.75, 3.05) is 5.73 Å². The molecule has 0 bridgehead atoms. The maximum Gasteiger partial charge on any atom is 0.179 e. The van der Waals surface area contributed by atoms with Gasteiger partial charge in [-0.2, -0.15) is 0 Å². The lowest BCUT2D eigenvalue weighted by molar-refractivity contribution is 0.505. The van der Waals surface area contributed by atoms with Crippen LogP contribution < -0.4 is 11.5 Å². The van der Waals surface area contributed by atoms with Crippen molar-refractivity contribution < 1.29 is 0 Å². The number of aromatic amines is 1. The van der Waals surface area contributed by atoms with Crippen LogP contribution in [0.3, 0.4) is 0 Å². The Morgan fingerprint density at radius 2 is 2.07 bits per heavy atom. The normalized spacial score (nSPS) is 12.2. The van der Waals surface area contributed by atoms with Crippen LogP contribution in [0, 0.1) is 0 Å². The van der Waals surface area contributed by atoms with Crippen LogP contribution in [0.5, 0.6) is 0 Å². The predicted octanol–water partition coefficient (Wildman–Crippen LogP) is 0.820. The summed E-state index contributed by atoms with van der Waals surface area (Å²) in [6, 6.07) is 3.62. The van der Waals surface area contributed by atoms with Crippen molar-refractivity contribution in [2.24, 2.45) is 5.73 Å². The summed E-state index contributed by atoms with van der Waals surface area (Å²) in [6.45, 7) is 3.92. The minimum Gasteiger partial charge on any atom is -0.384 e. The van der Waals surface area contributed by atoms with Gasteiger partial charge in [0.05, 0.1) is 5.52 Å². The summed E-state index contributed by atoms with van der Waals surface area (Å²) in [5, 5.41) is 0. The smallest absolute Gasteiger partial charge is 0.179 e. The van der Waals surface area contributed by atoms with E-state index in [2.05, 4.69) is 15.0 Å². The van der Waals surface area contributed by atoms with Crippen molar-refractivity contribution in [3.05, 3.63) is 18.0 Å². The van der Waals surface area contributed by atoms with Gasteiger partial charge in [-0.1, -0.05) is 0 Å². The van der Waals surface area contributed by atoms with Gasteiger partial charge in [-0.05, 0) is 26.0 Å². The van der Waals surface area contributed by atoms with Crippen molar-refractivity contribution in [2.45, 2.75) is 25.8 Å². The molecule has 2 aromatic heterocycles. The molecule has 2 aromatic rings. The van der Waals surface area contributed by atoms with Crippen molar-refractivity contribution in [1.82, 2.24) is 15.0 Å². The number of nitrogens with zero attached hydrogens (tertiary/aromatic N) is 2. The molecule has 5 heteroatoms. The molecule has 0 spiro atoms. The molecule has 15 heavy (non-hydrogen) atoms. The Morgan fingerprint density at radius 3 is 2.73 bits per heavy atom. The topological polar surface area (TPSA) is 93.6 Å². The van der Waals surface area contributed by atoms with E-state index in [1.54, 1.807) is 6.07 Å². The number of nitrogen functional groups attached to an aromatic ring is 1. The van der Waals surface area contributed by atoms with Gasteiger partial charge in [0.2, 0.25) is 0 Å². The van der Waals surface area contributed by atoms with E-state index in [0.717, 1.165) is 11.3 Å². The number of nitrogens with one attached hydrogen (secondary N) is 1. The number of pyridine rings is 1. The van der Waals surface area contributed by atoms with Crippen molar-refractivity contribution in [3.8, 4) is 0 Å². The van der Waals surface area contributed by atoms with Gasteiger partial charge in [-0.25, -0.2) is 9.97 Å². The minimum absolute atomic E-state index is 0.278. The minimum atomic E-state index is -0.278. The Hall–Kier alpha value is -1.62. The van der Waals surface area contributed by atoms with Crippen LogP contribution in [-0.2, 0) is 6.42 Å². The first-order valence-corrected chi connectivity index (χ1v) is 4.84. The second-order valence-corrected chi connectivity index (χ2v) is 4.46. The molecule has 0 aromatic carbocycles. The van der Waals surface area contributed by atoms with Gasteiger partial charge in [0.15, 0.2) is 5.65 Å². The highest BCUT2D eigenvalue weighted by atomic mass is 15.0. The molecular formula is C10H15N5. The lowest BCUT2D eigenvalue weighted by Crippen LogP contribution is -2.34. The summed E-state index contributed by atoms with van der Waals surface area (Å²) in [7, 11) is 0. The highest BCUT2D eigenvalue weighted by Crippen LogP contribution is 2.13. The van der Waals surface area contributed by atoms with E-state index in [4.69, 9.17) is 11.5 Å². The highest BCUT2D eigenvalue weighted by Gasteiger charge is 2.14. The van der Waals surface area contributed by atoms with E-state index >= 15 is 0 Å². The fraction of sp³-hybridized carbons (Fsp3) is 0.400. The molecule has 5 N–H and O–H groups in total. The molecular weight excluding hydrogens is 190 g/mol. The quantitative estimate of drug-likeness (QED) is 0.676. The van der Waals surface area contributed by atoms with Crippen molar-refractivity contribution in [3.63, 3.8) is 0 Å². The summed E-state index contributed by atoms with van der Waals surface area (Å²) in [5.74, 6) is 1.32. The van der Waals surface area contributed by atoms with E-state index < -0.39 is 0 Å². The average molecular weight is 205 g/mol. The Balaban J connectivity index is 2.39. The largest absolute Gasteiger partial charge is 0.384 e. The summed E-state index contributed by atoms with van der Waals surface area (Å²) in [5.41, 5.74) is 12.7. The molecule has 5 nitrogen and oxygen atoms in total. The number of hydrogen-bond acceptors (Lipinski definition) is 4. The maximum absolute atomic E-state index is 5.91. The summed E-state index contributed by atoms with van der Waals surface area (Å²) >= 11 is 0. The Labute approximate surface area is 87.9 Å².